The number of ether oxygens (including phenoxy) is 1. The predicted octanol–water partition coefficient (Wildman–Crippen LogP) is 3.13. The number of alkyl halides is 3. The minimum Gasteiger partial charge on any atom is -0.478 e. The predicted molar refractivity (Wildman–Crippen MR) is 60.5 cm³/mol. The number of halogens is 4. The molecule has 1 aromatic carbocycles. The molecular formula is C12H6F4N2O3. The molecule has 1 heterocycles. The molecule has 0 aliphatic heterocycles. The van der Waals surface area contributed by atoms with Gasteiger partial charge in [-0.2, -0.15) is 18.2 Å². The van der Waals surface area contributed by atoms with Gasteiger partial charge in [-0.15, -0.1) is 0 Å². The lowest BCUT2D eigenvalue weighted by atomic mass is 10.2. The summed E-state index contributed by atoms with van der Waals surface area (Å²) >= 11 is 0. The maximum absolute atomic E-state index is 13.4. The second-order valence-corrected chi connectivity index (χ2v) is 3.77. The van der Waals surface area contributed by atoms with Gasteiger partial charge in [0.25, 0.3) is 0 Å². The second kappa shape index (κ2) is 5.35. The summed E-state index contributed by atoms with van der Waals surface area (Å²) in [6.45, 7) is 0. The SMILES string of the molecule is O=C(O)c1ccc(Oc2nccc(C(F)(F)F)n2)cc1F. The van der Waals surface area contributed by atoms with E-state index < -0.39 is 35.2 Å². The van der Waals surface area contributed by atoms with Crippen LogP contribution in [0.3, 0.4) is 0 Å². The van der Waals surface area contributed by atoms with Gasteiger partial charge < -0.3 is 9.84 Å². The lowest BCUT2D eigenvalue weighted by molar-refractivity contribution is -0.141. The molecule has 9 heteroatoms. The van der Waals surface area contributed by atoms with Crippen molar-refractivity contribution < 1.29 is 32.2 Å². The van der Waals surface area contributed by atoms with Gasteiger partial charge in [0.15, 0.2) is 5.69 Å². The third kappa shape index (κ3) is 3.44. The van der Waals surface area contributed by atoms with Crippen LogP contribution in [0.15, 0.2) is 30.5 Å². The average molecular weight is 302 g/mol. The normalized spacial score (nSPS) is 11.2. The molecule has 0 aliphatic carbocycles. The van der Waals surface area contributed by atoms with E-state index in [-0.39, 0.29) is 5.75 Å². The molecule has 0 bridgehead atoms. The van der Waals surface area contributed by atoms with Gasteiger partial charge in [-0.1, -0.05) is 0 Å². The minimum absolute atomic E-state index is 0.225. The van der Waals surface area contributed by atoms with Crippen LogP contribution in [-0.4, -0.2) is 21.0 Å². The van der Waals surface area contributed by atoms with Crippen LogP contribution in [0.2, 0.25) is 0 Å². The first-order valence-corrected chi connectivity index (χ1v) is 5.38. The number of benzene rings is 1. The Bertz CT molecular complexity index is 688. The van der Waals surface area contributed by atoms with E-state index in [2.05, 4.69) is 9.97 Å². The van der Waals surface area contributed by atoms with Crippen LogP contribution in [0.1, 0.15) is 16.1 Å². The first-order valence-electron chi connectivity index (χ1n) is 5.38. The molecule has 21 heavy (non-hydrogen) atoms. The monoisotopic (exact) mass is 302 g/mol. The number of aromatic nitrogens is 2. The van der Waals surface area contributed by atoms with Crippen LogP contribution in [0.5, 0.6) is 11.8 Å². The maximum Gasteiger partial charge on any atom is 0.433 e. The number of rotatable bonds is 3. The van der Waals surface area contributed by atoms with Gasteiger partial charge >= 0.3 is 18.2 Å². The molecule has 110 valence electrons. The Kier molecular flexibility index (Phi) is 3.74. The van der Waals surface area contributed by atoms with Gasteiger partial charge in [0.05, 0.1) is 5.56 Å². The van der Waals surface area contributed by atoms with E-state index in [0.29, 0.717) is 12.1 Å². The van der Waals surface area contributed by atoms with Gasteiger partial charge in [-0.25, -0.2) is 14.2 Å². The van der Waals surface area contributed by atoms with E-state index in [1.807, 2.05) is 0 Å². The Labute approximate surface area is 114 Å². The Balaban J connectivity index is 2.27. The van der Waals surface area contributed by atoms with E-state index in [9.17, 15) is 22.4 Å². The molecule has 0 atom stereocenters. The molecule has 5 nitrogen and oxygen atoms in total. The van der Waals surface area contributed by atoms with E-state index in [1.54, 1.807) is 0 Å². The van der Waals surface area contributed by atoms with Gasteiger partial charge in [0, 0.05) is 12.3 Å². The summed E-state index contributed by atoms with van der Waals surface area (Å²) in [5, 5.41) is 8.64. The summed E-state index contributed by atoms with van der Waals surface area (Å²) in [5.74, 6) is -2.79. The zero-order chi connectivity index (χ0) is 15.6. The summed E-state index contributed by atoms with van der Waals surface area (Å²) in [4.78, 5) is 17.2. The fraction of sp³-hybridized carbons (Fsp3) is 0.0833. The standard InChI is InChI=1S/C12H6F4N2O3/c13-8-5-6(1-2-7(8)10(19)20)21-11-17-4-3-9(18-11)12(14,15)16/h1-5H,(H,19,20). The third-order valence-electron chi connectivity index (χ3n) is 2.30. The van der Waals surface area contributed by atoms with Crippen LogP contribution in [0, 0.1) is 5.82 Å². The van der Waals surface area contributed by atoms with Crippen molar-refractivity contribution in [2.45, 2.75) is 6.18 Å². The first-order chi connectivity index (χ1) is 9.77. The molecule has 1 N–H and O–H groups in total. The minimum atomic E-state index is -4.67. The number of carboxylic acid groups (broad SMARTS) is 1. The highest BCUT2D eigenvalue weighted by Crippen LogP contribution is 2.29. The van der Waals surface area contributed by atoms with Crippen molar-refractivity contribution >= 4 is 5.97 Å². The van der Waals surface area contributed by atoms with Gasteiger partial charge in [-0.05, 0) is 18.2 Å². The largest absolute Gasteiger partial charge is 0.478 e. The summed E-state index contributed by atoms with van der Waals surface area (Å²) < 4.78 is 55.6. The van der Waals surface area contributed by atoms with Gasteiger partial charge in [0.2, 0.25) is 0 Å². The van der Waals surface area contributed by atoms with E-state index in [1.165, 1.54) is 0 Å². The van der Waals surface area contributed by atoms with Gasteiger partial charge in [-0.3, -0.25) is 0 Å². The fourth-order valence-electron chi connectivity index (χ4n) is 1.39. The molecule has 0 fully saturated rings. The van der Waals surface area contributed by atoms with Crippen molar-refractivity contribution in [2.75, 3.05) is 0 Å². The van der Waals surface area contributed by atoms with Crippen molar-refractivity contribution in [1.82, 2.24) is 9.97 Å². The molecule has 0 spiro atoms. The molecule has 0 amide bonds. The number of aromatic carboxylic acids is 1. The van der Waals surface area contributed by atoms with Crippen molar-refractivity contribution in [3.05, 3.63) is 47.5 Å². The summed E-state index contributed by atoms with van der Waals surface area (Å²) in [7, 11) is 0. The zero-order valence-corrected chi connectivity index (χ0v) is 10.1. The van der Waals surface area contributed by atoms with Gasteiger partial charge in [0.1, 0.15) is 11.6 Å². The highest BCUT2D eigenvalue weighted by molar-refractivity contribution is 5.88. The topological polar surface area (TPSA) is 72.3 Å². The molecule has 0 unspecified atom stereocenters. The molecule has 0 saturated heterocycles. The van der Waals surface area contributed by atoms with Crippen LogP contribution in [-0.2, 0) is 6.18 Å². The van der Waals surface area contributed by atoms with Crippen LogP contribution < -0.4 is 4.74 Å². The molecule has 1 aromatic heterocycles. The quantitative estimate of drug-likeness (QED) is 0.882. The molecule has 0 aliphatic rings. The van der Waals surface area contributed by atoms with Crippen molar-refractivity contribution in [3.8, 4) is 11.8 Å². The average Bonchev–Trinajstić information content (AvgIpc) is 2.37. The highest BCUT2D eigenvalue weighted by Gasteiger charge is 2.33. The number of carboxylic acids is 1. The van der Waals surface area contributed by atoms with Crippen LogP contribution >= 0.6 is 0 Å². The molecule has 0 saturated carbocycles. The number of nitrogens with zero attached hydrogens (tertiary/aromatic N) is 2. The molecule has 2 rings (SSSR count). The number of hydrogen-bond acceptors (Lipinski definition) is 4. The summed E-state index contributed by atoms with van der Waals surface area (Å²) in [6, 6.07) is 2.73. The molecule has 2 aromatic rings. The second-order valence-electron chi connectivity index (χ2n) is 3.77. The smallest absolute Gasteiger partial charge is 0.433 e. The molecule has 0 radical (unpaired) electrons. The van der Waals surface area contributed by atoms with Crippen molar-refractivity contribution in [1.29, 1.82) is 0 Å². The van der Waals surface area contributed by atoms with E-state index in [4.69, 9.17) is 9.84 Å². The summed E-state index contributed by atoms with van der Waals surface area (Å²) in [6.07, 6.45) is -3.83. The summed E-state index contributed by atoms with van der Waals surface area (Å²) in [5.41, 5.74) is -1.80. The van der Waals surface area contributed by atoms with Crippen molar-refractivity contribution in [2.24, 2.45) is 0 Å². The fourth-order valence-corrected chi connectivity index (χ4v) is 1.39. The maximum atomic E-state index is 13.4. The Hall–Kier alpha value is -2.71. The number of hydrogen-bond donors (Lipinski definition) is 1. The Morgan fingerprint density at radius 3 is 2.52 bits per heavy atom. The van der Waals surface area contributed by atoms with Crippen LogP contribution in [0.25, 0.3) is 0 Å². The zero-order valence-electron chi connectivity index (χ0n) is 10.1. The lowest BCUT2D eigenvalue weighted by Crippen LogP contribution is -2.09. The Morgan fingerprint density at radius 1 is 1.24 bits per heavy atom. The van der Waals surface area contributed by atoms with Crippen molar-refractivity contribution in [3.63, 3.8) is 0 Å². The number of carbonyl (C=O) groups is 1. The highest BCUT2D eigenvalue weighted by atomic mass is 19.4. The van der Waals surface area contributed by atoms with Crippen LogP contribution in [0.4, 0.5) is 17.6 Å². The third-order valence-corrected chi connectivity index (χ3v) is 2.30. The first kappa shape index (κ1) is 14.7. The Morgan fingerprint density at radius 2 is 1.95 bits per heavy atom. The van der Waals surface area contributed by atoms with E-state index in [0.717, 1.165) is 18.3 Å². The molecular weight excluding hydrogens is 296 g/mol. The lowest BCUT2D eigenvalue weighted by Gasteiger charge is -2.08. The van der Waals surface area contributed by atoms with E-state index >= 15 is 0 Å².